The average molecular weight is 152 g/mol. The first-order valence-corrected chi connectivity index (χ1v) is 3.00. The second-order valence-corrected chi connectivity index (χ2v) is 1.91. The number of ketones is 1. The van der Waals surface area contributed by atoms with Gasteiger partial charge >= 0.3 is 0 Å². The summed E-state index contributed by atoms with van der Waals surface area (Å²) >= 11 is 0. The number of aldehydes is 2. The molecule has 0 rings (SSSR count). The summed E-state index contributed by atoms with van der Waals surface area (Å²) in [6, 6.07) is 0. The first-order chi connectivity index (χ1) is 5.20. The minimum atomic E-state index is -0.611. The van der Waals surface area contributed by atoms with Gasteiger partial charge in [-0.15, -0.1) is 0 Å². The van der Waals surface area contributed by atoms with E-state index in [0.29, 0.717) is 11.9 Å². The Morgan fingerprint density at radius 2 is 1.82 bits per heavy atom. The highest BCUT2D eigenvalue weighted by atomic mass is 16.2. The molecule has 11 heavy (non-hydrogen) atoms. The van der Waals surface area contributed by atoms with Crippen molar-refractivity contribution < 1.29 is 14.4 Å². The normalized spacial score (nSPS) is 11.5. The summed E-state index contributed by atoms with van der Waals surface area (Å²) in [5.74, 6) is -0.611. The highest BCUT2D eigenvalue weighted by molar-refractivity contribution is 6.30. The fourth-order valence-corrected chi connectivity index (χ4v) is 0.373. The summed E-state index contributed by atoms with van der Waals surface area (Å²) < 4.78 is 0. The maximum atomic E-state index is 10.3. The SMILES string of the molecule is CC(C=O)=CC=CC(=O)C=O. The van der Waals surface area contributed by atoms with Gasteiger partial charge in [0.25, 0.3) is 0 Å². The zero-order valence-corrected chi connectivity index (χ0v) is 6.11. The molecule has 58 valence electrons. The standard InChI is InChI=1S/C8H8O3/c1-7(5-9)3-2-4-8(11)6-10/h2-6H,1H3. The van der Waals surface area contributed by atoms with E-state index in [0.717, 1.165) is 6.08 Å². The van der Waals surface area contributed by atoms with Crippen molar-refractivity contribution in [2.45, 2.75) is 6.92 Å². The monoisotopic (exact) mass is 152 g/mol. The third kappa shape index (κ3) is 4.96. The van der Waals surface area contributed by atoms with Gasteiger partial charge in [0.15, 0.2) is 6.29 Å². The minimum Gasteiger partial charge on any atom is -0.298 e. The Hall–Kier alpha value is -1.51. The van der Waals surface area contributed by atoms with Crippen LogP contribution in [0.3, 0.4) is 0 Å². The van der Waals surface area contributed by atoms with Crippen LogP contribution in [-0.2, 0) is 14.4 Å². The molecule has 0 fully saturated rings. The summed E-state index contributed by atoms with van der Waals surface area (Å²) in [5.41, 5.74) is 0.500. The maximum absolute atomic E-state index is 10.3. The van der Waals surface area contributed by atoms with Crippen molar-refractivity contribution in [2.24, 2.45) is 0 Å². The third-order valence-electron chi connectivity index (χ3n) is 0.922. The van der Waals surface area contributed by atoms with Crippen molar-refractivity contribution in [3.8, 4) is 0 Å². The molecule has 0 aromatic heterocycles. The number of carbonyl (C=O) groups is 3. The lowest BCUT2D eigenvalue weighted by atomic mass is 10.3. The maximum Gasteiger partial charge on any atom is 0.218 e. The second kappa shape index (κ2) is 5.29. The van der Waals surface area contributed by atoms with Crippen molar-refractivity contribution >= 4 is 18.4 Å². The van der Waals surface area contributed by atoms with Crippen molar-refractivity contribution in [2.75, 3.05) is 0 Å². The molecule has 0 aliphatic carbocycles. The quantitative estimate of drug-likeness (QED) is 0.254. The number of hydrogen-bond acceptors (Lipinski definition) is 3. The van der Waals surface area contributed by atoms with Gasteiger partial charge in [-0.3, -0.25) is 14.4 Å². The van der Waals surface area contributed by atoms with E-state index in [-0.39, 0.29) is 6.29 Å². The largest absolute Gasteiger partial charge is 0.298 e. The Labute approximate surface area is 64.4 Å². The second-order valence-electron chi connectivity index (χ2n) is 1.91. The lowest BCUT2D eigenvalue weighted by Crippen LogP contribution is -1.90. The molecule has 0 amide bonds. The Morgan fingerprint density at radius 1 is 1.18 bits per heavy atom. The molecule has 0 aromatic rings. The molecule has 0 spiro atoms. The van der Waals surface area contributed by atoms with Crippen LogP contribution >= 0.6 is 0 Å². The van der Waals surface area contributed by atoms with Crippen LogP contribution in [0.2, 0.25) is 0 Å². The van der Waals surface area contributed by atoms with E-state index < -0.39 is 5.78 Å². The van der Waals surface area contributed by atoms with Gasteiger partial charge in [0, 0.05) is 0 Å². The van der Waals surface area contributed by atoms with Crippen LogP contribution in [0.1, 0.15) is 6.92 Å². The Morgan fingerprint density at radius 3 is 2.27 bits per heavy atom. The molecule has 0 unspecified atom stereocenters. The molecule has 3 nitrogen and oxygen atoms in total. The summed E-state index contributed by atoms with van der Waals surface area (Å²) in [7, 11) is 0. The van der Waals surface area contributed by atoms with Gasteiger partial charge in [0.2, 0.25) is 5.78 Å². The Kier molecular flexibility index (Phi) is 4.56. The van der Waals surface area contributed by atoms with Gasteiger partial charge in [-0.25, -0.2) is 0 Å². The van der Waals surface area contributed by atoms with Crippen LogP contribution in [0.4, 0.5) is 0 Å². The van der Waals surface area contributed by atoms with Crippen LogP contribution in [0, 0.1) is 0 Å². The molecule has 0 atom stereocenters. The summed E-state index contributed by atoms with van der Waals surface area (Å²) in [6.07, 6.45) is 4.78. The first-order valence-electron chi connectivity index (χ1n) is 3.00. The fraction of sp³-hybridized carbons (Fsp3) is 0.125. The smallest absolute Gasteiger partial charge is 0.218 e. The predicted molar refractivity (Wildman–Crippen MR) is 40.0 cm³/mol. The van der Waals surface area contributed by atoms with Crippen LogP contribution in [0.15, 0.2) is 23.8 Å². The van der Waals surface area contributed by atoms with Gasteiger partial charge in [-0.2, -0.15) is 0 Å². The van der Waals surface area contributed by atoms with Crippen molar-refractivity contribution in [1.82, 2.24) is 0 Å². The molecule has 0 radical (unpaired) electrons. The molecule has 0 heterocycles. The lowest BCUT2D eigenvalue weighted by molar-refractivity contribution is -0.126. The molecule has 0 aromatic carbocycles. The van der Waals surface area contributed by atoms with E-state index in [1.807, 2.05) is 0 Å². The third-order valence-corrected chi connectivity index (χ3v) is 0.922. The average Bonchev–Trinajstić information content (AvgIpc) is 2.04. The number of carbonyl (C=O) groups excluding carboxylic acids is 3. The van der Waals surface area contributed by atoms with Gasteiger partial charge in [-0.05, 0) is 18.6 Å². The van der Waals surface area contributed by atoms with E-state index >= 15 is 0 Å². The molecule has 0 saturated heterocycles. The Balaban J connectivity index is 4.05. The molecule has 3 heteroatoms. The first kappa shape index (κ1) is 9.49. The predicted octanol–water partition coefficient (Wildman–Crippen LogP) is 0.456. The molecule has 0 aliphatic heterocycles. The molecule has 0 bridgehead atoms. The number of rotatable bonds is 4. The van der Waals surface area contributed by atoms with Crippen LogP contribution < -0.4 is 0 Å². The summed E-state index contributed by atoms with van der Waals surface area (Å²) in [4.78, 5) is 30.1. The Bertz CT molecular complexity index is 223. The van der Waals surface area contributed by atoms with E-state index in [1.165, 1.54) is 12.2 Å². The highest BCUT2D eigenvalue weighted by Gasteiger charge is 1.87. The lowest BCUT2D eigenvalue weighted by Gasteiger charge is -1.79. The highest BCUT2D eigenvalue weighted by Crippen LogP contribution is 1.86. The summed E-state index contributed by atoms with van der Waals surface area (Å²) in [5, 5.41) is 0. The fourth-order valence-electron chi connectivity index (χ4n) is 0.373. The van der Waals surface area contributed by atoms with E-state index in [2.05, 4.69) is 0 Å². The molecular formula is C8H8O3. The molecule has 0 N–H and O–H groups in total. The van der Waals surface area contributed by atoms with E-state index in [4.69, 9.17) is 0 Å². The molecule has 0 saturated carbocycles. The van der Waals surface area contributed by atoms with E-state index in [1.54, 1.807) is 6.92 Å². The number of hydrogen-bond donors (Lipinski definition) is 0. The van der Waals surface area contributed by atoms with Crippen LogP contribution in [0.5, 0.6) is 0 Å². The van der Waals surface area contributed by atoms with Crippen LogP contribution in [-0.4, -0.2) is 18.4 Å². The molecular weight excluding hydrogens is 144 g/mol. The molecule has 0 aliphatic rings. The minimum absolute atomic E-state index is 0.209. The van der Waals surface area contributed by atoms with E-state index in [9.17, 15) is 14.4 Å². The topological polar surface area (TPSA) is 51.2 Å². The van der Waals surface area contributed by atoms with Gasteiger partial charge in [0.05, 0.1) is 0 Å². The zero-order valence-electron chi connectivity index (χ0n) is 6.11. The van der Waals surface area contributed by atoms with Gasteiger partial charge in [0.1, 0.15) is 6.29 Å². The summed E-state index contributed by atoms with van der Waals surface area (Å²) in [6.45, 7) is 1.60. The number of allylic oxidation sites excluding steroid dienone is 4. The van der Waals surface area contributed by atoms with Crippen LogP contribution in [0.25, 0.3) is 0 Å². The zero-order chi connectivity index (χ0) is 8.69. The van der Waals surface area contributed by atoms with Crippen molar-refractivity contribution in [1.29, 1.82) is 0 Å². The van der Waals surface area contributed by atoms with Gasteiger partial charge in [-0.1, -0.05) is 12.2 Å². The van der Waals surface area contributed by atoms with Gasteiger partial charge < -0.3 is 0 Å². The van der Waals surface area contributed by atoms with Crippen molar-refractivity contribution in [3.05, 3.63) is 23.8 Å². The van der Waals surface area contributed by atoms with Crippen molar-refractivity contribution in [3.63, 3.8) is 0 Å².